The summed E-state index contributed by atoms with van der Waals surface area (Å²) in [4.78, 5) is 5.18. The van der Waals surface area contributed by atoms with E-state index in [4.69, 9.17) is 10.5 Å². The molecule has 1 fully saturated rings. The number of hydrogen-bond acceptors (Lipinski definition) is 4. The fourth-order valence-electron chi connectivity index (χ4n) is 2.71. The molecule has 19 heavy (non-hydrogen) atoms. The number of thiophene rings is 1. The first kappa shape index (κ1) is 15.4. The van der Waals surface area contributed by atoms with Gasteiger partial charge in [-0.2, -0.15) is 0 Å². The van der Waals surface area contributed by atoms with Crippen LogP contribution in [0.3, 0.4) is 0 Å². The first-order valence-electron chi connectivity index (χ1n) is 6.97. The van der Waals surface area contributed by atoms with Crippen LogP contribution >= 0.6 is 27.3 Å². The van der Waals surface area contributed by atoms with Gasteiger partial charge in [-0.1, -0.05) is 0 Å². The Bertz CT molecular complexity index is 389. The van der Waals surface area contributed by atoms with E-state index in [9.17, 15) is 0 Å². The van der Waals surface area contributed by atoms with E-state index in [-0.39, 0.29) is 0 Å². The second kappa shape index (κ2) is 7.18. The average Bonchev–Trinajstić information content (AvgIpc) is 2.71. The number of rotatable bonds is 5. The smallest absolute Gasteiger partial charge is 0.0702 e. The van der Waals surface area contributed by atoms with Crippen molar-refractivity contribution in [3.63, 3.8) is 0 Å². The number of nitrogens with two attached hydrogens (primary N) is 1. The van der Waals surface area contributed by atoms with E-state index >= 15 is 0 Å². The summed E-state index contributed by atoms with van der Waals surface area (Å²) in [5.41, 5.74) is 6.02. The summed E-state index contributed by atoms with van der Waals surface area (Å²) in [6.07, 6.45) is 2.75. The number of halogens is 1. The molecule has 0 radical (unpaired) electrons. The van der Waals surface area contributed by atoms with Crippen LogP contribution in [0.5, 0.6) is 0 Å². The van der Waals surface area contributed by atoms with Crippen molar-refractivity contribution in [2.45, 2.75) is 38.8 Å². The lowest BCUT2D eigenvalue weighted by Crippen LogP contribution is -2.43. The van der Waals surface area contributed by atoms with E-state index in [1.807, 2.05) is 11.3 Å². The van der Waals surface area contributed by atoms with Gasteiger partial charge in [-0.05, 0) is 55.2 Å². The van der Waals surface area contributed by atoms with Crippen LogP contribution in [-0.4, -0.2) is 37.2 Å². The molecule has 2 rings (SSSR count). The highest BCUT2D eigenvalue weighted by atomic mass is 79.9. The quantitative estimate of drug-likeness (QED) is 0.888. The van der Waals surface area contributed by atoms with Crippen LogP contribution in [-0.2, 0) is 4.74 Å². The first-order chi connectivity index (χ1) is 9.15. The second-order valence-electron chi connectivity index (χ2n) is 5.02. The van der Waals surface area contributed by atoms with Gasteiger partial charge in [0.05, 0.1) is 12.1 Å². The Morgan fingerprint density at radius 3 is 3.00 bits per heavy atom. The summed E-state index contributed by atoms with van der Waals surface area (Å²) < 4.78 is 6.98. The van der Waals surface area contributed by atoms with Crippen molar-refractivity contribution in [3.05, 3.63) is 20.3 Å². The van der Waals surface area contributed by atoms with E-state index in [1.165, 1.54) is 27.1 Å². The van der Waals surface area contributed by atoms with Gasteiger partial charge < -0.3 is 10.5 Å². The number of likely N-dealkylation sites (tertiary alicyclic amines) is 1. The second-order valence-corrected chi connectivity index (χ2v) is 7.16. The minimum atomic E-state index is 0.332. The third-order valence-corrected chi connectivity index (χ3v) is 5.92. The molecule has 1 aromatic rings. The molecule has 2 atom stereocenters. The Balaban J connectivity index is 2.08. The molecule has 2 N–H and O–H groups in total. The van der Waals surface area contributed by atoms with E-state index in [0.717, 1.165) is 19.7 Å². The highest BCUT2D eigenvalue weighted by Gasteiger charge is 2.27. The van der Waals surface area contributed by atoms with E-state index in [2.05, 4.69) is 40.7 Å². The Hall–Kier alpha value is 0.0600. The number of aryl methyl sites for hydroxylation is 1. The topological polar surface area (TPSA) is 38.5 Å². The van der Waals surface area contributed by atoms with Crippen LogP contribution in [0.2, 0.25) is 0 Å². The largest absolute Gasteiger partial charge is 0.377 e. The Morgan fingerprint density at radius 2 is 2.42 bits per heavy atom. The maximum atomic E-state index is 6.02. The summed E-state index contributed by atoms with van der Waals surface area (Å²) in [5, 5.41) is 0. The summed E-state index contributed by atoms with van der Waals surface area (Å²) >= 11 is 5.45. The molecule has 0 bridgehead atoms. The molecule has 0 amide bonds. The molecular formula is C14H23BrN2OS. The standard InChI is InChI=1S/C14H23BrN2OS/c1-3-18-11-5-4-6-17(9-11)13(8-16)14-7-12(15)10(2)19-14/h7,11,13H,3-6,8-9,16H2,1-2H3. The van der Waals surface area contributed by atoms with Gasteiger partial charge >= 0.3 is 0 Å². The van der Waals surface area contributed by atoms with E-state index < -0.39 is 0 Å². The highest BCUT2D eigenvalue weighted by Crippen LogP contribution is 2.34. The summed E-state index contributed by atoms with van der Waals surface area (Å²) in [6.45, 7) is 7.81. The molecule has 3 nitrogen and oxygen atoms in total. The van der Waals surface area contributed by atoms with Crippen LogP contribution in [0.1, 0.15) is 35.6 Å². The van der Waals surface area contributed by atoms with Crippen molar-refractivity contribution < 1.29 is 4.74 Å². The van der Waals surface area contributed by atoms with Gasteiger partial charge in [0.2, 0.25) is 0 Å². The molecule has 1 aliphatic rings. The SMILES string of the molecule is CCOC1CCCN(C(CN)c2cc(Br)c(C)s2)C1. The maximum absolute atomic E-state index is 6.02. The Labute approximate surface area is 128 Å². The van der Waals surface area contributed by atoms with Crippen molar-refractivity contribution in [2.75, 3.05) is 26.2 Å². The van der Waals surface area contributed by atoms with Crippen LogP contribution < -0.4 is 5.73 Å². The van der Waals surface area contributed by atoms with Gasteiger partial charge in [-0.3, -0.25) is 4.90 Å². The normalized spacial score (nSPS) is 22.6. The molecule has 5 heteroatoms. The number of ether oxygens (including phenoxy) is 1. The summed E-state index contributed by atoms with van der Waals surface area (Å²) in [6, 6.07) is 2.56. The van der Waals surface area contributed by atoms with Gasteiger partial charge in [-0.25, -0.2) is 0 Å². The molecule has 0 saturated carbocycles. The minimum absolute atomic E-state index is 0.332. The first-order valence-corrected chi connectivity index (χ1v) is 8.58. The van der Waals surface area contributed by atoms with Gasteiger partial charge in [0.1, 0.15) is 0 Å². The van der Waals surface area contributed by atoms with Crippen molar-refractivity contribution >= 4 is 27.3 Å². The van der Waals surface area contributed by atoms with E-state index in [0.29, 0.717) is 18.7 Å². The van der Waals surface area contributed by atoms with Gasteiger partial charge in [0, 0.05) is 33.9 Å². The van der Waals surface area contributed by atoms with E-state index in [1.54, 1.807) is 0 Å². The molecule has 0 spiro atoms. The third-order valence-electron chi connectivity index (χ3n) is 3.68. The molecule has 0 aromatic carbocycles. The Kier molecular flexibility index (Phi) is 5.84. The lowest BCUT2D eigenvalue weighted by atomic mass is 10.0. The van der Waals surface area contributed by atoms with Crippen LogP contribution in [0.15, 0.2) is 10.5 Å². The van der Waals surface area contributed by atoms with Crippen molar-refractivity contribution in [1.29, 1.82) is 0 Å². The predicted molar refractivity (Wildman–Crippen MR) is 84.8 cm³/mol. The summed E-state index contributed by atoms with van der Waals surface area (Å²) in [5.74, 6) is 0. The van der Waals surface area contributed by atoms with Crippen LogP contribution in [0.25, 0.3) is 0 Å². The lowest BCUT2D eigenvalue weighted by Gasteiger charge is -2.37. The summed E-state index contributed by atoms with van der Waals surface area (Å²) in [7, 11) is 0. The monoisotopic (exact) mass is 346 g/mol. The molecule has 1 saturated heterocycles. The molecule has 1 aliphatic heterocycles. The zero-order chi connectivity index (χ0) is 13.8. The zero-order valence-electron chi connectivity index (χ0n) is 11.7. The predicted octanol–water partition coefficient (Wildman–Crippen LogP) is 3.32. The minimum Gasteiger partial charge on any atom is -0.377 e. The lowest BCUT2D eigenvalue weighted by molar-refractivity contribution is -0.00615. The molecule has 1 aromatic heterocycles. The van der Waals surface area contributed by atoms with Crippen LogP contribution in [0.4, 0.5) is 0 Å². The number of nitrogens with zero attached hydrogens (tertiary/aromatic N) is 1. The number of hydrogen-bond donors (Lipinski definition) is 1. The molecule has 108 valence electrons. The van der Waals surface area contributed by atoms with Gasteiger partial charge in [0.25, 0.3) is 0 Å². The average molecular weight is 347 g/mol. The van der Waals surface area contributed by atoms with Gasteiger partial charge in [0.15, 0.2) is 0 Å². The third kappa shape index (κ3) is 3.79. The molecule has 2 heterocycles. The van der Waals surface area contributed by atoms with Crippen molar-refractivity contribution in [3.8, 4) is 0 Å². The molecule has 2 unspecified atom stereocenters. The number of piperidine rings is 1. The van der Waals surface area contributed by atoms with Crippen molar-refractivity contribution in [2.24, 2.45) is 5.73 Å². The fourth-order valence-corrected chi connectivity index (χ4v) is 4.42. The maximum Gasteiger partial charge on any atom is 0.0702 e. The van der Waals surface area contributed by atoms with Gasteiger partial charge in [-0.15, -0.1) is 11.3 Å². The van der Waals surface area contributed by atoms with Crippen LogP contribution in [0, 0.1) is 6.92 Å². The molecular weight excluding hydrogens is 324 g/mol. The zero-order valence-corrected chi connectivity index (χ0v) is 14.1. The van der Waals surface area contributed by atoms with Crippen molar-refractivity contribution in [1.82, 2.24) is 4.90 Å². The Morgan fingerprint density at radius 1 is 1.63 bits per heavy atom. The fraction of sp³-hybridized carbons (Fsp3) is 0.714. The highest BCUT2D eigenvalue weighted by molar-refractivity contribution is 9.10. The molecule has 0 aliphatic carbocycles.